The molecule has 0 atom stereocenters. The monoisotopic (exact) mass is 188 g/mol. The number of hydrogen-bond acceptors (Lipinski definition) is 0. The van der Waals surface area contributed by atoms with Crippen molar-refractivity contribution in [2.75, 3.05) is 0 Å². The van der Waals surface area contributed by atoms with Gasteiger partial charge in [-0.3, -0.25) is 0 Å². The molecular formula is C7H6BrF. The second-order valence-electron chi connectivity index (χ2n) is 1.27. The van der Waals surface area contributed by atoms with Gasteiger partial charge in [-0.25, -0.2) is 0 Å². The molecule has 0 aromatic rings. The lowest BCUT2D eigenvalue weighted by Gasteiger charge is -1.81. The maximum absolute atomic E-state index is 12.3. The van der Waals surface area contributed by atoms with Crippen LogP contribution in [0.2, 0.25) is 0 Å². The zero-order chi connectivity index (χ0) is 7.28. The van der Waals surface area contributed by atoms with Crippen LogP contribution in [0.25, 0.3) is 0 Å². The van der Waals surface area contributed by atoms with E-state index in [-0.39, 0.29) is 4.48 Å². The van der Waals surface area contributed by atoms with Crippen LogP contribution in [0.4, 0.5) is 4.39 Å². The smallest absolute Gasteiger partial charge is 0.179 e. The van der Waals surface area contributed by atoms with Crippen molar-refractivity contribution in [1.29, 1.82) is 0 Å². The van der Waals surface area contributed by atoms with Crippen molar-refractivity contribution >= 4 is 15.9 Å². The van der Waals surface area contributed by atoms with E-state index in [0.717, 1.165) is 0 Å². The SMILES string of the molecule is C=CC=C=C(F)C(=C)Br. The summed E-state index contributed by atoms with van der Waals surface area (Å²) < 4.78 is 12.5. The Morgan fingerprint density at radius 3 is 2.56 bits per heavy atom. The Labute approximate surface area is 62.2 Å². The number of hydrogen-bond donors (Lipinski definition) is 0. The predicted molar refractivity (Wildman–Crippen MR) is 41.0 cm³/mol. The summed E-state index contributed by atoms with van der Waals surface area (Å²) in [7, 11) is 0. The van der Waals surface area contributed by atoms with Gasteiger partial charge >= 0.3 is 0 Å². The third-order valence-electron chi connectivity index (χ3n) is 0.566. The van der Waals surface area contributed by atoms with E-state index in [1.54, 1.807) is 0 Å². The summed E-state index contributed by atoms with van der Waals surface area (Å²) in [4.78, 5) is 0. The van der Waals surface area contributed by atoms with E-state index < -0.39 is 5.83 Å². The molecule has 2 heteroatoms. The van der Waals surface area contributed by atoms with Crippen LogP contribution in [0, 0.1) is 0 Å². The first kappa shape index (κ1) is 8.41. The molecule has 0 fully saturated rings. The zero-order valence-electron chi connectivity index (χ0n) is 4.82. The summed E-state index contributed by atoms with van der Waals surface area (Å²) in [5, 5.41) is 0. The lowest BCUT2D eigenvalue weighted by atomic mass is 10.5. The maximum atomic E-state index is 12.3. The first-order chi connectivity index (χ1) is 4.18. The number of halogens is 2. The molecule has 48 valence electrons. The molecule has 0 N–H and O–H groups in total. The van der Waals surface area contributed by atoms with Gasteiger partial charge in [-0.05, 0) is 22.0 Å². The van der Waals surface area contributed by atoms with E-state index in [9.17, 15) is 4.39 Å². The minimum atomic E-state index is -0.505. The maximum Gasteiger partial charge on any atom is 0.179 e. The molecule has 0 saturated heterocycles. The highest BCUT2D eigenvalue weighted by Crippen LogP contribution is 2.13. The highest BCUT2D eigenvalue weighted by molar-refractivity contribution is 9.11. The number of allylic oxidation sites excluding steroid dienone is 3. The highest BCUT2D eigenvalue weighted by atomic mass is 79.9. The normalized spacial score (nSPS) is 7.33. The molecule has 0 nitrogen and oxygen atoms in total. The summed E-state index contributed by atoms with van der Waals surface area (Å²) >= 11 is 2.85. The minimum Gasteiger partial charge on any atom is -0.197 e. The Kier molecular flexibility index (Phi) is 4.02. The van der Waals surface area contributed by atoms with Gasteiger partial charge in [-0.15, -0.1) is 0 Å². The van der Waals surface area contributed by atoms with Gasteiger partial charge in [0.25, 0.3) is 0 Å². The third kappa shape index (κ3) is 3.95. The van der Waals surface area contributed by atoms with Crippen LogP contribution in [0.3, 0.4) is 0 Å². The standard InChI is InChI=1S/C7H6BrF/c1-3-4-5-7(9)6(2)8/h3-4H,1-2H2. The van der Waals surface area contributed by atoms with E-state index in [1.807, 2.05) is 0 Å². The molecule has 0 amide bonds. The summed E-state index contributed by atoms with van der Waals surface area (Å²) in [6.07, 6.45) is 2.82. The summed E-state index contributed by atoms with van der Waals surface area (Å²) in [6.45, 7) is 6.64. The molecule has 0 aliphatic carbocycles. The molecule has 0 aromatic heterocycles. The van der Waals surface area contributed by atoms with Crippen molar-refractivity contribution < 1.29 is 4.39 Å². The second kappa shape index (κ2) is 4.30. The van der Waals surface area contributed by atoms with Crippen LogP contribution < -0.4 is 0 Å². The fourth-order valence-corrected chi connectivity index (χ4v) is 0.325. The Morgan fingerprint density at radius 1 is 1.67 bits per heavy atom. The minimum absolute atomic E-state index is 0.195. The van der Waals surface area contributed by atoms with Crippen LogP contribution >= 0.6 is 15.9 Å². The van der Waals surface area contributed by atoms with Gasteiger partial charge in [-0.2, -0.15) is 4.39 Å². The Hall–Kier alpha value is -0.590. The van der Waals surface area contributed by atoms with Crippen molar-refractivity contribution in [2.24, 2.45) is 0 Å². The molecule has 0 unspecified atom stereocenters. The van der Waals surface area contributed by atoms with Crippen molar-refractivity contribution in [3.05, 3.63) is 41.4 Å². The Balaban J connectivity index is 4.33. The first-order valence-corrected chi connectivity index (χ1v) is 3.05. The lowest BCUT2D eigenvalue weighted by molar-refractivity contribution is 0.667. The van der Waals surface area contributed by atoms with Gasteiger partial charge in [0.1, 0.15) is 0 Å². The van der Waals surface area contributed by atoms with Crippen LogP contribution in [0.5, 0.6) is 0 Å². The molecular weight excluding hydrogens is 183 g/mol. The summed E-state index contributed by atoms with van der Waals surface area (Å²) in [5.41, 5.74) is 2.29. The van der Waals surface area contributed by atoms with Crippen molar-refractivity contribution in [1.82, 2.24) is 0 Å². The van der Waals surface area contributed by atoms with Crippen molar-refractivity contribution in [3.63, 3.8) is 0 Å². The molecule has 9 heavy (non-hydrogen) atoms. The van der Waals surface area contributed by atoms with E-state index in [1.165, 1.54) is 12.2 Å². The molecule has 0 heterocycles. The Bertz CT molecular complexity index is 185. The summed E-state index contributed by atoms with van der Waals surface area (Å²) in [6, 6.07) is 0. The fraction of sp³-hybridized carbons (Fsp3) is 0. The fourth-order valence-electron chi connectivity index (χ4n) is 0.210. The van der Waals surface area contributed by atoms with E-state index in [0.29, 0.717) is 0 Å². The molecule has 0 aromatic carbocycles. The summed E-state index contributed by atoms with van der Waals surface area (Å²) in [5.74, 6) is -0.505. The quantitative estimate of drug-likeness (QED) is 0.462. The van der Waals surface area contributed by atoms with Gasteiger partial charge in [0.2, 0.25) is 0 Å². The van der Waals surface area contributed by atoms with Gasteiger partial charge in [0.05, 0.1) is 4.48 Å². The van der Waals surface area contributed by atoms with Crippen LogP contribution in [-0.2, 0) is 0 Å². The molecule has 0 bridgehead atoms. The van der Waals surface area contributed by atoms with Gasteiger partial charge in [-0.1, -0.05) is 25.0 Å². The topological polar surface area (TPSA) is 0 Å². The Morgan fingerprint density at radius 2 is 2.22 bits per heavy atom. The van der Waals surface area contributed by atoms with Crippen LogP contribution in [0.15, 0.2) is 41.4 Å². The molecule has 0 radical (unpaired) electrons. The average molecular weight is 189 g/mol. The lowest BCUT2D eigenvalue weighted by Crippen LogP contribution is -1.62. The molecule has 0 saturated carbocycles. The molecule has 0 aliphatic heterocycles. The van der Waals surface area contributed by atoms with Gasteiger partial charge in [0, 0.05) is 0 Å². The van der Waals surface area contributed by atoms with Gasteiger partial charge < -0.3 is 0 Å². The van der Waals surface area contributed by atoms with E-state index >= 15 is 0 Å². The molecule has 0 spiro atoms. The molecule has 0 rings (SSSR count). The second-order valence-corrected chi connectivity index (χ2v) is 2.22. The van der Waals surface area contributed by atoms with Crippen LogP contribution in [0.1, 0.15) is 0 Å². The zero-order valence-corrected chi connectivity index (χ0v) is 6.41. The van der Waals surface area contributed by atoms with E-state index in [2.05, 4.69) is 34.8 Å². The number of rotatable bonds is 2. The molecule has 0 aliphatic rings. The predicted octanol–water partition coefficient (Wildman–Crippen LogP) is 3.09. The van der Waals surface area contributed by atoms with Crippen LogP contribution in [-0.4, -0.2) is 0 Å². The largest absolute Gasteiger partial charge is 0.197 e. The average Bonchev–Trinajstić information content (AvgIpc) is 1.82. The van der Waals surface area contributed by atoms with E-state index in [4.69, 9.17) is 0 Å². The van der Waals surface area contributed by atoms with Crippen molar-refractivity contribution in [2.45, 2.75) is 0 Å². The first-order valence-electron chi connectivity index (χ1n) is 2.26. The van der Waals surface area contributed by atoms with Gasteiger partial charge in [0.15, 0.2) is 5.83 Å². The highest BCUT2D eigenvalue weighted by Gasteiger charge is 1.90. The van der Waals surface area contributed by atoms with Crippen molar-refractivity contribution in [3.8, 4) is 0 Å². The third-order valence-corrected chi connectivity index (χ3v) is 0.914.